The van der Waals surface area contributed by atoms with Crippen LogP contribution in [0, 0.1) is 13.8 Å². The van der Waals surface area contributed by atoms with E-state index in [1.165, 1.54) is 0 Å². The number of hydrogen-bond acceptors (Lipinski definition) is 5. The zero-order valence-electron chi connectivity index (χ0n) is 14.8. The molecular weight excluding hydrogens is 325 g/mol. The zero-order valence-corrected chi connectivity index (χ0v) is 14.8. The van der Waals surface area contributed by atoms with Crippen LogP contribution in [0.4, 0.5) is 4.39 Å². The van der Waals surface area contributed by atoms with Crippen molar-refractivity contribution in [2.75, 3.05) is 13.1 Å². The number of alkyl halides is 1. The minimum absolute atomic E-state index is 0.0552. The predicted octanol–water partition coefficient (Wildman–Crippen LogP) is 1.30. The molecule has 25 heavy (non-hydrogen) atoms. The van der Waals surface area contributed by atoms with E-state index < -0.39 is 6.17 Å². The van der Waals surface area contributed by atoms with Gasteiger partial charge in [-0.15, -0.1) is 0 Å². The molecule has 0 saturated carbocycles. The predicted molar refractivity (Wildman–Crippen MR) is 89.6 cm³/mol. The van der Waals surface area contributed by atoms with Crippen molar-refractivity contribution in [2.24, 2.45) is 7.05 Å². The first kappa shape index (κ1) is 17.6. The summed E-state index contributed by atoms with van der Waals surface area (Å²) in [5.41, 5.74) is 1.71. The van der Waals surface area contributed by atoms with E-state index in [2.05, 4.69) is 15.4 Å². The second-order valence-electron chi connectivity index (χ2n) is 6.67. The fourth-order valence-electron chi connectivity index (χ4n) is 3.15. The van der Waals surface area contributed by atoms with Gasteiger partial charge in [0.25, 0.3) is 0 Å². The molecular formula is C17H24FN5O2. The van der Waals surface area contributed by atoms with Gasteiger partial charge < -0.3 is 9.73 Å². The molecule has 0 bridgehead atoms. The first-order valence-electron chi connectivity index (χ1n) is 8.46. The molecule has 0 unspecified atom stereocenters. The van der Waals surface area contributed by atoms with Gasteiger partial charge in [0.2, 0.25) is 11.8 Å². The van der Waals surface area contributed by atoms with E-state index in [4.69, 9.17) is 4.42 Å². The van der Waals surface area contributed by atoms with Gasteiger partial charge in [-0.1, -0.05) is 0 Å². The van der Waals surface area contributed by atoms with Crippen molar-refractivity contribution in [3.63, 3.8) is 0 Å². The van der Waals surface area contributed by atoms with Crippen molar-refractivity contribution < 1.29 is 13.6 Å². The van der Waals surface area contributed by atoms with E-state index in [9.17, 15) is 9.18 Å². The van der Waals surface area contributed by atoms with E-state index >= 15 is 0 Å². The van der Waals surface area contributed by atoms with Crippen LogP contribution in [0.5, 0.6) is 0 Å². The van der Waals surface area contributed by atoms with Gasteiger partial charge in [-0.05, 0) is 25.8 Å². The van der Waals surface area contributed by atoms with E-state index in [1.807, 2.05) is 32.0 Å². The van der Waals surface area contributed by atoms with Crippen molar-refractivity contribution in [1.29, 1.82) is 0 Å². The molecule has 0 aromatic carbocycles. The lowest BCUT2D eigenvalue weighted by atomic mass is 10.2. The van der Waals surface area contributed by atoms with Crippen LogP contribution in [0.3, 0.4) is 0 Å². The number of halogens is 1. The molecule has 1 saturated heterocycles. The maximum Gasteiger partial charge on any atom is 0.224 e. The molecule has 1 aliphatic heterocycles. The summed E-state index contributed by atoms with van der Waals surface area (Å²) in [6, 6.07) is -0.0552. The van der Waals surface area contributed by atoms with Crippen molar-refractivity contribution in [3.05, 3.63) is 35.3 Å². The van der Waals surface area contributed by atoms with E-state index in [1.54, 1.807) is 10.9 Å². The summed E-state index contributed by atoms with van der Waals surface area (Å²) in [5, 5.41) is 6.95. The Morgan fingerprint density at radius 2 is 2.28 bits per heavy atom. The van der Waals surface area contributed by atoms with Gasteiger partial charge >= 0.3 is 0 Å². The van der Waals surface area contributed by atoms with Crippen molar-refractivity contribution >= 4 is 5.91 Å². The number of aryl methyl sites for hydroxylation is 3. The Morgan fingerprint density at radius 3 is 2.92 bits per heavy atom. The lowest BCUT2D eigenvalue weighted by Crippen LogP contribution is -2.40. The normalized spacial score (nSPS) is 21.0. The minimum Gasteiger partial charge on any atom is -0.444 e. The lowest BCUT2D eigenvalue weighted by Gasteiger charge is -2.22. The third-order valence-electron chi connectivity index (χ3n) is 4.55. The molecule has 3 rings (SSSR count). The molecule has 1 amide bonds. The number of oxazole rings is 1. The van der Waals surface area contributed by atoms with Crippen LogP contribution >= 0.6 is 0 Å². The number of aromatic nitrogens is 3. The van der Waals surface area contributed by atoms with Crippen LogP contribution in [0.15, 0.2) is 16.8 Å². The highest BCUT2D eigenvalue weighted by Crippen LogP contribution is 2.23. The molecule has 3 heterocycles. The van der Waals surface area contributed by atoms with Gasteiger partial charge in [-0.3, -0.25) is 14.4 Å². The number of carbonyl (C=O) groups is 1. The Balaban J connectivity index is 1.53. The highest BCUT2D eigenvalue weighted by Gasteiger charge is 2.33. The number of amides is 1. The summed E-state index contributed by atoms with van der Waals surface area (Å²) < 4.78 is 21.1. The van der Waals surface area contributed by atoms with Crippen molar-refractivity contribution in [2.45, 2.75) is 45.4 Å². The maximum absolute atomic E-state index is 13.9. The number of nitrogens with one attached hydrogen (secondary N) is 1. The summed E-state index contributed by atoms with van der Waals surface area (Å²) in [6.07, 6.45) is 3.28. The van der Waals surface area contributed by atoms with Gasteiger partial charge in [0.15, 0.2) is 0 Å². The largest absolute Gasteiger partial charge is 0.444 e. The molecule has 2 aromatic heterocycles. The van der Waals surface area contributed by atoms with Crippen LogP contribution in [-0.2, 0) is 24.8 Å². The van der Waals surface area contributed by atoms with E-state index in [0.717, 1.165) is 17.0 Å². The number of nitrogens with zero attached hydrogens (tertiary/aromatic N) is 4. The van der Waals surface area contributed by atoms with Gasteiger partial charge in [-0.2, -0.15) is 5.10 Å². The van der Waals surface area contributed by atoms with Crippen LogP contribution < -0.4 is 5.32 Å². The zero-order chi connectivity index (χ0) is 18.0. The van der Waals surface area contributed by atoms with Gasteiger partial charge in [-0.25, -0.2) is 9.37 Å². The summed E-state index contributed by atoms with van der Waals surface area (Å²) in [4.78, 5) is 18.4. The average molecular weight is 349 g/mol. The quantitative estimate of drug-likeness (QED) is 0.851. The highest BCUT2D eigenvalue weighted by atomic mass is 19.1. The van der Waals surface area contributed by atoms with Gasteiger partial charge in [0.05, 0.1) is 24.9 Å². The van der Waals surface area contributed by atoms with Crippen LogP contribution in [0.1, 0.15) is 29.3 Å². The summed E-state index contributed by atoms with van der Waals surface area (Å²) in [6.45, 7) is 4.96. The van der Waals surface area contributed by atoms with E-state index in [0.29, 0.717) is 31.9 Å². The Kier molecular flexibility index (Phi) is 5.17. The maximum atomic E-state index is 13.9. The molecule has 7 nitrogen and oxygen atoms in total. The fraction of sp³-hybridized carbons (Fsp3) is 0.588. The molecule has 0 aliphatic carbocycles. The monoisotopic (exact) mass is 349 g/mol. The molecule has 8 heteroatoms. The topological polar surface area (TPSA) is 76.2 Å². The van der Waals surface area contributed by atoms with Crippen LogP contribution in [0.2, 0.25) is 0 Å². The molecule has 2 aromatic rings. The molecule has 136 valence electrons. The Morgan fingerprint density at radius 1 is 1.48 bits per heavy atom. The molecule has 1 aliphatic rings. The number of carbonyl (C=O) groups excluding carboxylic acids is 1. The van der Waals surface area contributed by atoms with Gasteiger partial charge in [0.1, 0.15) is 11.9 Å². The number of likely N-dealkylation sites (tertiary alicyclic amines) is 1. The lowest BCUT2D eigenvalue weighted by molar-refractivity contribution is -0.120. The highest BCUT2D eigenvalue weighted by molar-refractivity contribution is 5.78. The first-order chi connectivity index (χ1) is 11.9. The Labute approximate surface area is 146 Å². The van der Waals surface area contributed by atoms with Crippen molar-refractivity contribution in [3.8, 4) is 0 Å². The number of rotatable bonds is 6. The third kappa shape index (κ3) is 4.45. The van der Waals surface area contributed by atoms with Crippen LogP contribution in [0.25, 0.3) is 0 Å². The SMILES string of the molecule is Cc1nc(CN2C[C@@H](F)C[C@H]2CNC(=O)Cc2cnn(C)c2)oc1C. The standard InChI is InChI=1S/C17H24FN5O2/c1-11-12(2)25-17(21-11)10-23-9-14(18)5-15(23)7-19-16(24)4-13-6-20-22(3)8-13/h6,8,14-15H,4-5,7,9-10H2,1-3H3,(H,19,24)/t14-,15-/m0/s1. The average Bonchev–Trinajstić information content (AvgIpc) is 3.19. The second kappa shape index (κ2) is 7.35. The number of hydrogen-bond donors (Lipinski definition) is 1. The molecule has 0 spiro atoms. The van der Waals surface area contributed by atoms with Gasteiger partial charge in [0, 0.05) is 32.4 Å². The molecule has 1 N–H and O–H groups in total. The minimum atomic E-state index is -0.891. The Hall–Kier alpha value is -2.22. The molecule has 0 radical (unpaired) electrons. The van der Waals surface area contributed by atoms with E-state index in [-0.39, 0.29) is 18.4 Å². The Bertz CT molecular complexity index is 722. The fourth-order valence-corrected chi connectivity index (χ4v) is 3.15. The smallest absolute Gasteiger partial charge is 0.224 e. The molecule has 1 fully saturated rings. The summed E-state index contributed by atoms with van der Waals surface area (Å²) >= 11 is 0. The van der Waals surface area contributed by atoms with Crippen LogP contribution in [-0.4, -0.2) is 50.9 Å². The summed E-state index contributed by atoms with van der Waals surface area (Å²) in [5.74, 6) is 1.29. The molecule has 2 atom stereocenters. The second-order valence-corrected chi connectivity index (χ2v) is 6.67. The first-order valence-corrected chi connectivity index (χ1v) is 8.46. The summed E-state index contributed by atoms with van der Waals surface area (Å²) in [7, 11) is 1.81. The van der Waals surface area contributed by atoms with Crippen molar-refractivity contribution in [1.82, 2.24) is 25.0 Å². The third-order valence-corrected chi connectivity index (χ3v) is 4.55.